The highest BCUT2D eigenvalue weighted by molar-refractivity contribution is 5.03. The Morgan fingerprint density at radius 3 is 2.42 bits per heavy atom. The average Bonchev–Trinajstić information content (AvgIpc) is 2.37. The van der Waals surface area contributed by atoms with E-state index in [9.17, 15) is 0 Å². The second-order valence-corrected chi connectivity index (χ2v) is 6.82. The van der Waals surface area contributed by atoms with E-state index in [-0.39, 0.29) is 0 Å². The molecule has 0 saturated heterocycles. The fraction of sp³-hybridized carbons (Fsp3) is 1.00. The third kappa shape index (κ3) is 5.07. The maximum atomic E-state index is 5.79. The summed E-state index contributed by atoms with van der Waals surface area (Å²) in [6.07, 6.45) is 9.86. The van der Waals surface area contributed by atoms with E-state index >= 15 is 0 Å². The molecule has 3 atom stereocenters. The van der Waals surface area contributed by atoms with Crippen molar-refractivity contribution in [2.24, 2.45) is 5.41 Å². The van der Waals surface area contributed by atoms with Gasteiger partial charge in [-0.05, 0) is 26.7 Å². The third-order valence-electron chi connectivity index (χ3n) is 4.77. The van der Waals surface area contributed by atoms with Crippen LogP contribution in [0.3, 0.4) is 0 Å². The zero-order valence-corrected chi connectivity index (χ0v) is 13.8. The van der Waals surface area contributed by atoms with Gasteiger partial charge in [-0.1, -0.05) is 52.9 Å². The van der Waals surface area contributed by atoms with Crippen molar-refractivity contribution in [2.75, 3.05) is 6.61 Å². The monoisotopic (exact) mass is 269 g/mol. The summed E-state index contributed by atoms with van der Waals surface area (Å²) in [6.45, 7) is 12.2. The van der Waals surface area contributed by atoms with E-state index in [2.05, 4.69) is 39.9 Å². The Labute approximate surface area is 120 Å². The molecule has 1 aliphatic carbocycles. The van der Waals surface area contributed by atoms with Gasteiger partial charge < -0.3 is 10.1 Å². The summed E-state index contributed by atoms with van der Waals surface area (Å²) in [5, 5.41) is 3.81. The van der Waals surface area contributed by atoms with Gasteiger partial charge >= 0.3 is 0 Å². The van der Waals surface area contributed by atoms with Crippen molar-refractivity contribution in [1.29, 1.82) is 0 Å². The third-order valence-corrected chi connectivity index (χ3v) is 4.77. The van der Waals surface area contributed by atoms with Gasteiger partial charge in [-0.2, -0.15) is 0 Å². The van der Waals surface area contributed by atoms with Crippen LogP contribution in [0.4, 0.5) is 0 Å². The van der Waals surface area contributed by atoms with Crippen molar-refractivity contribution in [3.63, 3.8) is 0 Å². The molecule has 0 aromatic heterocycles. The molecule has 2 nitrogen and oxygen atoms in total. The van der Waals surface area contributed by atoms with Gasteiger partial charge in [0, 0.05) is 24.1 Å². The Hall–Kier alpha value is -0.0800. The Morgan fingerprint density at radius 1 is 1.16 bits per heavy atom. The first kappa shape index (κ1) is 17.0. The van der Waals surface area contributed by atoms with Crippen molar-refractivity contribution in [2.45, 2.75) is 97.8 Å². The van der Waals surface area contributed by atoms with Gasteiger partial charge in [0.15, 0.2) is 0 Å². The number of hydrogen-bond acceptors (Lipinski definition) is 2. The average molecular weight is 269 g/mol. The molecule has 19 heavy (non-hydrogen) atoms. The van der Waals surface area contributed by atoms with Crippen molar-refractivity contribution in [3.05, 3.63) is 0 Å². The first-order valence-corrected chi connectivity index (χ1v) is 8.40. The van der Waals surface area contributed by atoms with Crippen LogP contribution >= 0.6 is 0 Å². The van der Waals surface area contributed by atoms with Crippen LogP contribution in [0.25, 0.3) is 0 Å². The van der Waals surface area contributed by atoms with Crippen molar-refractivity contribution in [3.8, 4) is 0 Å². The molecule has 0 aromatic rings. The van der Waals surface area contributed by atoms with Crippen LogP contribution in [0.1, 0.15) is 79.6 Å². The van der Waals surface area contributed by atoms with Crippen LogP contribution in [-0.2, 0) is 4.74 Å². The Kier molecular flexibility index (Phi) is 7.38. The summed E-state index contributed by atoms with van der Waals surface area (Å²) < 4.78 is 5.79. The molecule has 2 heteroatoms. The normalized spacial score (nSPS) is 27.0. The number of nitrogens with one attached hydrogen (secondary N) is 1. The molecule has 114 valence electrons. The van der Waals surface area contributed by atoms with Crippen molar-refractivity contribution >= 4 is 0 Å². The topological polar surface area (TPSA) is 21.3 Å². The molecule has 1 rings (SSSR count). The van der Waals surface area contributed by atoms with E-state index < -0.39 is 0 Å². The standard InChI is InChI=1S/C17H35NO/c1-6-8-9-10-11-12-14(3)18-15-13-16(19-7-2)17(15,4)5/h14-16,18H,6-13H2,1-5H3. The minimum absolute atomic E-state index is 0.298. The van der Waals surface area contributed by atoms with Gasteiger partial charge in [-0.15, -0.1) is 0 Å². The molecule has 1 fully saturated rings. The molecule has 1 aliphatic rings. The SMILES string of the molecule is CCCCCCCC(C)NC1CC(OCC)C1(C)C. The van der Waals surface area contributed by atoms with Gasteiger partial charge in [0.1, 0.15) is 0 Å². The number of ether oxygens (including phenoxy) is 1. The van der Waals surface area contributed by atoms with E-state index in [0.29, 0.717) is 23.6 Å². The zero-order valence-electron chi connectivity index (χ0n) is 13.8. The number of unbranched alkanes of at least 4 members (excludes halogenated alkanes) is 4. The second-order valence-electron chi connectivity index (χ2n) is 6.82. The lowest BCUT2D eigenvalue weighted by molar-refractivity contribution is -0.116. The van der Waals surface area contributed by atoms with Crippen LogP contribution < -0.4 is 5.32 Å². The number of rotatable bonds is 10. The predicted molar refractivity (Wildman–Crippen MR) is 83.6 cm³/mol. The summed E-state index contributed by atoms with van der Waals surface area (Å²) in [6, 6.07) is 1.28. The summed E-state index contributed by atoms with van der Waals surface area (Å²) in [5.41, 5.74) is 0.298. The van der Waals surface area contributed by atoms with Crippen LogP contribution in [-0.4, -0.2) is 24.8 Å². The molecule has 0 heterocycles. The van der Waals surface area contributed by atoms with Crippen molar-refractivity contribution < 1.29 is 4.74 Å². The van der Waals surface area contributed by atoms with Crippen LogP contribution in [0.15, 0.2) is 0 Å². The van der Waals surface area contributed by atoms with Crippen LogP contribution in [0.5, 0.6) is 0 Å². The molecule has 1 N–H and O–H groups in total. The maximum Gasteiger partial charge on any atom is 0.0655 e. The molecule has 0 aliphatic heterocycles. The Morgan fingerprint density at radius 2 is 1.84 bits per heavy atom. The van der Waals surface area contributed by atoms with E-state index in [4.69, 9.17) is 4.74 Å². The minimum atomic E-state index is 0.298. The molecule has 0 spiro atoms. The summed E-state index contributed by atoms with van der Waals surface area (Å²) in [7, 11) is 0. The van der Waals surface area contributed by atoms with Crippen molar-refractivity contribution in [1.82, 2.24) is 5.32 Å². The molecule has 0 amide bonds. The molecule has 0 radical (unpaired) electrons. The lowest BCUT2D eigenvalue weighted by atomic mass is 9.64. The molecular weight excluding hydrogens is 234 g/mol. The lowest BCUT2D eigenvalue weighted by Gasteiger charge is -2.52. The molecule has 0 aromatic carbocycles. The highest BCUT2D eigenvalue weighted by Crippen LogP contribution is 2.43. The fourth-order valence-electron chi connectivity index (χ4n) is 3.13. The predicted octanol–water partition coefficient (Wildman–Crippen LogP) is 4.53. The largest absolute Gasteiger partial charge is 0.378 e. The zero-order chi connectivity index (χ0) is 14.3. The van der Waals surface area contributed by atoms with E-state index in [1.54, 1.807) is 0 Å². The highest BCUT2D eigenvalue weighted by atomic mass is 16.5. The molecular formula is C17H35NO. The summed E-state index contributed by atoms with van der Waals surface area (Å²) >= 11 is 0. The Bertz CT molecular complexity index is 239. The van der Waals surface area contributed by atoms with Gasteiger partial charge in [-0.3, -0.25) is 0 Å². The smallest absolute Gasteiger partial charge is 0.0655 e. The van der Waals surface area contributed by atoms with E-state index in [1.807, 2.05) is 0 Å². The first-order chi connectivity index (χ1) is 9.02. The van der Waals surface area contributed by atoms with Gasteiger partial charge in [0.2, 0.25) is 0 Å². The van der Waals surface area contributed by atoms with Gasteiger partial charge in [0.25, 0.3) is 0 Å². The van der Waals surface area contributed by atoms with Crippen LogP contribution in [0, 0.1) is 5.41 Å². The summed E-state index contributed by atoms with van der Waals surface area (Å²) in [5.74, 6) is 0. The highest BCUT2D eigenvalue weighted by Gasteiger charge is 2.48. The number of hydrogen-bond donors (Lipinski definition) is 1. The molecule has 1 saturated carbocycles. The van der Waals surface area contributed by atoms with Gasteiger partial charge in [0.05, 0.1) is 6.10 Å². The second kappa shape index (κ2) is 8.26. The Balaban J connectivity index is 2.14. The summed E-state index contributed by atoms with van der Waals surface area (Å²) in [4.78, 5) is 0. The molecule has 3 unspecified atom stereocenters. The van der Waals surface area contributed by atoms with Gasteiger partial charge in [-0.25, -0.2) is 0 Å². The maximum absolute atomic E-state index is 5.79. The quantitative estimate of drug-likeness (QED) is 0.588. The minimum Gasteiger partial charge on any atom is -0.378 e. The fourth-order valence-corrected chi connectivity index (χ4v) is 3.13. The molecule has 0 bridgehead atoms. The van der Waals surface area contributed by atoms with E-state index in [0.717, 1.165) is 6.61 Å². The first-order valence-electron chi connectivity index (χ1n) is 8.40. The van der Waals surface area contributed by atoms with E-state index in [1.165, 1.54) is 44.9 Å². The van der Waals surface area contributed by atoms with Crippen LogP contribution in [0.2, 0.25) is 0 Å². The lowest BCUT2D eigenvalue weighted by Crippen LogP contribution is -2.62.